The third-order valence-corrected chi connectivity index (χ3v) is 5.38. The van der Waals surface area contributed by atoms with Gasteiger partial charge in [0.15, 0.2) is 5.65 Å². The summed E-state index contributed by atoms with van der Waals surface area (Å²) >= 11 is 3.37. The molecular formula is C21H17BrF4N6O. The Morgan fingerprint density at radius 1 is 1.15 bits per heavy atom. The van der Waals surface area contributed by atoms with Crippen LogP contribution in [0.2, 0.25) is 0 Å². The van der Waals surface area contributed by atoms with E-state index in [1.807, 2.05) is 24.3 Å². The van der Waals surface area contributed by atoms with Crippen LogP contribution in [0.4, 0.5) is 23.2 Å². The van der Waals surface area contributed by atoms with Crippen LogP contribution in [0.25, 0.3) is 11.0 Å². The zero-order chi connectivity index (χ0) is 23.7. The molecule has 4 rings (SSSR count). The summed E-state index contributed by atoms with van der Waals surface area (Å²) in [4.78, 5) is 16.3. The van der Waals surface area contributed by atoms with Gasteiger partial charge < -0.3 is 5.32 Å². The van der Waals surface area contributed by atoms with Crippen molar-refractivity contribution in [2.24, 2.45) is 0 Å². The van der Waals surface area contributed by atoms with E-state index < -0.39 is 36.6 Å². The van der Waals surface area contributed by atoms with Gasteiger partial charge in [0.25, 0.3) is 12.9 Å². The first-order chi connectivity index (χ1) is 15.7. The number of nitrogens with zero attached hydrogens (tertiary/aromatic N) is 5. The summed E-state index contributed by atoms with van der Waals surface area (Å²) in [5.74, 6) is -0.537. The third-order valence-electron chi connectivity index (χ3n) is 4.85. The Labute approximate surface area is 193 Å². The van der Waals surface area contributed by atoms with Crippen LogP contribution in [0.1, 0.15) is 35.4 Å². The smallest absolute Gasteiger partial charge is 0.280 e. The molecule has 0 aliphatic heterocycles. The Balaban J connectivity index is 1.52. The number of carbonyl (C=O) groups excluding carboxylic acids is 1. The minimum Gasteiger partial charge on any atom is -0.322 e. The summed E-state index contributed by atoms with van der Waals surface area (Å²) in [5, 5.41) is 10.9. The maximum atomic E-state index is 13.5. The van der Waals surface area contributed by atoms with Gasteiger partial charge in [-0.1, -0.05) is 28.1 Å². The van der Waals surface area contributed by atoms with Crippen molar-refractivity contribution in [3.8, 4) is 0 Å². The Kier molecular flexibility index (Phi) is 6.45. The molecule has 0 aliphatic carbocycles. The van der Waals surface area contributed by atoms with Crippen molar-refractivity contribution in [2.45, 2.75) is 32.9 Å². The number of halogens is 5. The summed E-state index contributed by atoms with van der Waals surface area (Å²) in [7, 11) is 0. The molecule has 1 N–H and O–H groups in total. The summed E-state index contributed by atoms with van der Waals surface area (Å²) < 4.78 is 56.9. The molecule has 0 atom stereocenters. The van der Waals surface area contributed by atoms with E-state index in [4.69, 9.17) is 0 Å². The molecule has 7 nitrogen and oxygen atoms in total. The molecule has 3 aromatic heterocycles. The van der Waals surface area contributed by atoms with Crippen LogP contribution in [0.15, 0.2) is 47.2 Å². The lowest BCUT2D eigenvalue weighted by atomic mass is 10.1. The van der Waals surface area contributed by atoms with Crippen molar-refractivity contribution in [3.05, 3.63) is 69.7 Å². The highest BCUT2D eigenvalue weighted by atomic mass is 79.9. The van der Waals surface area contributed by atoms with Crippen molar-refractivity contribution in [2.75, 3.05) is 5.32 Å². The number of alkyl halides is 4. The number of nitrogens with one attached hydrogen (secondary N) is 1. The Hall–Kier alpha value is -3.28. The maximum absolute atomic E-state index is 13.5. The standard InChI is InChI=1S/C21H17BrF4N6O/c1-11-18-15(19(23)24)6-16(20(25)26)29-21(18)32(30-11)10-17(33)28-14-7-27-31(9-14)8-12-2-4-13(22)5-3-12/h2-7,9,19-20H,8,10H2,1H3,(H,28,33). The van der Waals surface area contributed by atoms with Crippen molar-refractivity contribution in [1.29, 1.82) is 0 Å². The molecule has 4 aromatic rings. The van der Waals surface area contributed by atoms with Gasteiger partial charge >= 0.3 is 0 Å². The summed E-state index contributed by atoms with van der Waals surface area (Å²) in [6.45, 7) is 1.55. The summed E-state index contributed by atoms with van der Waals surface area (Å²) in [5.41, 5.74) is 0.0147. The van der Waals surface area contributed by atoms with E-state index in [0.717, 1.165) is 14.7 Å². The highest BCUT2D eigenvalue weighted by molar-refractivity contribution is 9.10. The van der Waals surface area contributed by atoms with Gasteiger partial charge in [-0.15, -0.1) is 0 Å². The molecule has 33 heavy (non-hydrogen) atoms. The molecular weight excluding hydrogens is 508 g/mol. The third kappa shape index (κ3) is 5.05. The van der Waals surface area contributed by atoms with Gasteiger partial charge in [-0.2, -0.15) is 10.2 Å². The first-order valence-corrected chi connectivity index (χ1v) is 10.5. The lowest BCUT2D eigenvalue weighted by Gasteiger charge is -2.08. The summed E-state index contributed by atoms with van der Waals surface area (Å²) in [6.07, 6.45) is -2.93. The fraction of sp³-hybridized carbons (Fsp3) is 0.238. The van der Waals surface area contributed by atoms with E-state index in [1.54, 1.807) is 10.9 Å². The van der Waals surface area contributed by atoms with Crippen LogP contribution >= 0.6 is 15.9 Å². The molecule has 0 fully saturated rings. The molecule has 12 heteroatoms. The molecule has 0 radical (unpaired) electrons. The van der Waals surface area contributed by atoms with Crippen LogP contribution < -0.4 is 5.32 Å². The molecule has 0 saturated carbocycles. The zero-order valence-electron chi connectivity index (χ0n) is 17.1. The number of aromatic nitrogens is 5. The van der Waals surface area contributed by atoms with Crippen LogP contribution in [-0.2, 0) is 17.9 Å². The zero-order valence-corrected chi connectivity index (χ0v) is 18.7. The normalized spacial score (nSPS) is 11.6. The predicted octanol–water partition coefficient (Wildman–Crippen LogP) is 5.26. The topological polar surface area (TPSA) is 77.6 Å². The van der Waals surface area contributed by atoms with E-state index in [9.17, 15) is 22.4 Å². The molecule has 1 amide bonds. The largest absolute Gasteiger partial charge is 0.322 e. The highest BCUT2D eigenvalue weighted by Gasteiger charge is 2.24. The van der Waals surface area contributed by atoms with Crippen molar-refractivity contribution >= 4 is 38.6 Å². The van der Waals surface area contributed by atoms with Crippen LogP contribution in [0.5, 0.6) is 0 Å². The number of carbonyl (C=O) groups is 1. The molecule has 0 spiro atoms. The van der Waals surface area contributed by atoms with E-state index in [1.165, 1.54) is 13.1 Å². The number of amides is 1. The second kappa shape index (κ2) is 9.30. The first-order valence-electron chi connectivity index (χ1n) is 9.72. The SMILES string of the molecule is Cc1nn(CC(=O)Nc2cnn(Cc3ccc(Br)cc3)c2)c2nc(C(F)F)cc(C(F)F)c12. The maximum Gasteiger partial charge on any atom is 0.280 e. The van der Waals surface area contributed by atoms with Gasteiger partial charge in [-0.05, 0) is 30.7 Å². The second-order valence-corrected chi connectivity index (χ2v) is 8.20. The van der Waals surface area contributed by atoms with Crippen molar-refractivity contribution in [1.82, 2.24) is 24.5 Å². The van der Waals surface area contributed by atoms with Crippen LogP contribution in [0.3, 0.4) is 0 Å². The Bertz CT molecular complexity index is 1300. The van der Waals surface area contributed by atoms with Gasteiger partial charge in [0, 0.05) is 16.2 Å². The predicted molar refractivity (Wildman–Crippen MR) is 116 cm³/mol. The van der Waals surface area contributed by atoms with Gasteiger partial charge in [-0.3, -0.25) is 9.48 Å². The van der Waals surface area contributed by atoms with E-state index in [2.05, 4.69) is 36.4 Å². The number of fused-ring (bicyclic) bond motifs is 1. The fourth-order valence-electron chi connectivity index (χ4n) is 3.43. The summed E-state index contributed by atoms with van der Waals surface area (Å²) in [6, 6.07) is 8.36. The molecule has 0 aliphatic rings. The molecule has 3 heterocycles. The van der Waals surface area contributed by atoms with Gasteiger partial charge in [0.1, 0.15) is 12.2 Å². The lowest BCUT2D eigenvalue weighted by Crippen LogP contribution is -2.19. The molecule has 1 aromatic carbocycles. The average Bonchev–Trinajstić information content (AvgIpc) is 3.32. The molecule has 172 valence electrons. The average molecular weight is 525 g/mol. The second-order valence-electron chi connectivity index (χ2n) is 7.28. The Morgan fingerprint density at radius 2 is 1.88 bits per heavy atom. The molecule has 0 bridgehead atoms. The van der Waals surface area contributed by atoms with E-state index in [-0.39, 0.29) is 16.7 Å². The first kappa shape index (κ1) is 22.9. The highest BCUT2D eigenvalue weighted by Crippen LogP contribution is 2.32. The molecule has 0 unspecified atom stereocenters. The Morgan fingerprint density at radius 3 is 2.55 bits per heavy atom. The lowest BCUT2D eigenvalue weighted by molar-refractivity contribution is -0.116. The van der Waals surface area contributed by atoms with Crippen LogP contribution in [0, 0.1) is 6.92 Å². The minimum atomic E-state index is -3.04. The molecule has 0 saturated heterocycles. The number of benzene rings is 1. The van der Waals surface area contributed by atoms with Gasteiger partial charge in [-0.25, -0.2) is 27.2 Å². The number of aryl methyl sites for hydroxylation is 1. The number of hydrogen-bond acceptors (Lipinski definition) is 4. The fourth-order valence-corrected chi connectivity index (χ4v) is 3.69. The minimum absolute atomic E-state index is 0.0375. The number of pyridine rings is 1. The number of hydrogen-bond donors (Lipinski definition) is 1. The van der Waals surface area contributed by atoms with Gasteiger partial charge in [0.05, 0.1) is 29.5 Å². The van der Waals surface area contributed by atoms with Crippen LogP contribution in [-0.4, -0.2) is 30.5 Å². The number of anilines is 1. The van der Waals surface area contributed by atoms with E-state index in [0.29, 0.717) is 18.3 Å². The quantitative estimate of drug-likeness (QED) is 0.334. The monoisotopic (exact) mass is 524 g/mol. The van der Waals surface area contributed by atoms with Crippen molar-refractivity contribution in [3.63, 3.8) is 0 Å². The van der Waals surface area contributed by atoms with Crippen molar-refractivity contribution < 1.29 is 22.4 Å². The van der Waals surface area contributed by atoms with E-state index >= 15 is 0 Å². The number of rotatable bonds is 7. The van der Waals surface area contributed by atoms with Gasteiger partial charge in [0.2, 0.25) is 5.91 Å².